The van der Waals surface area contributed by atoms with Crippen LogP contribution in [-0.2, 0) is 6.54 Å². The summed E-state index contributed by atoms with van der Waals surface area (Å²) >= 11 is 3.30. The summed E-state index contributed by atoms with van der Waals surface area (Å²) in [5, 5.41) is 28.6. The fraction of sp³-hybridized carbons (Fsp3) is 0.0435. The van der Waals surface area contributed by atoms with Crippen molar-refractivity contribution < 1.29 is 24.9 Å². The first-order chi connectivity index (χ1) is 15.3. The second kappa shape index (κ2) is 8.64. The van der Waals surface area contributed by atoms with E-state index in [1.54, 1.807) is 36.4 Å². The third-order valence-electron chi connectivity index (χ3n) is 4.84. The minimum atomic E-state index is -1.55. The van der Waals surface area contributed by atoms with Gasteiger partial charge in [-0.2, -0.15) is 0 Å². The summed E-state index contributed by atoms with van der Waals surface area (Å²) in [6.45, 7) is -0.298. The van der Waals surface area contributed by atoms with Gasteiger partial charge < -0.3 is 15.3 Å². The number of hydrogen-bond donors (Lipinski definition) is 3. The lowest BCUT2D eigenvalue weighted by Crippen LogP contribution is -2.33. The Morgan fingerprint density at radius 1 is 0.812 bits per heavy atom. The van der Waals surface area contributed by atoms with Crippen molar-refractivity contribution in [1.29, 1.82) is 0 Å². The minimum absolute atomic E-state index is 0.0222. The van der Waals surface area contributed by atoms with E-state index in [1.807, 2.05) is 30.3 Å². The van der Waals surface area contributed by atoms with Gasteiger partial charge in [0.25, 0.3) is 0 Å². The Hall–Kier alpha value is -3.98. The van der Waals surface area contributed by atoms with Crippen molar-refractivity contribution in [2.75, 3.05) is 0 Å². The number of benzene rings is 3. The van der Waals surface area contributed by atoms with E-state index in [-0.39, 0.29) is 12.3 Å². The van der Waals surface area contributed by atoms with Gasteiger partial charge in [0.15, 0.2) is 5.75 Å². The number of carbonyl (C=O) groups is 2. The molecule has 4 rings (SSSR count). The average Bonchev–Trinajstić information content (AvgIpc) is 2.80. The second-order valence-corrected chi connectivity index (χ2v) is 7.75. The largest absolute Gasteiger partial charge is 0.504 e. The zero-order valence-corrected chi connectivity index (χ0v) is 18.0. The van der Waals surface area contributed by atoms with E-state index >= 15 is 0 Å². The first-order valence-corrected chi connectivity index (χ1v) is 10.2. The van der Waals surface area contributed by atoms with Crippen molar-refractivity contribution in [3.63, 3.8) is 0 Å². The number of aromatic nitrogens is 2. The summed E-state index contributed by atoms with van der Waals surface area (Å²) < 4.78 is 0.496. The van der Waals surface area contributed by atoms with E-state index in [0.717, 1.165) is 5.56 Å². The number of carboxylic acid groups (broad SMARTS) is 2. The van der Waals surface area contributed by atoms with Gasteiger partial charge in [-0.3, -0.25) is 0 Å². The van der Waals surface area contributed by atoms with Crippen LogP contribution in [0.5, 0.6) is 5.75 Å². The van der Waals surface area contributed by atoms with Crippen LogP contribution < -0.4 is 0 Å². The van der Waals surface area contributed by atoms with Crippen molar-refractivity contribution in [2.24, 2.45) is 0 Å². The van der Waals surface area contributed by atoms with Crippen molar-refractivity contribution in [3.8, 4) is 28.3 Å². The van der Waals surface area contributed by atoms with Crippen LogP contribution in [0.1, 0.15) is 5.56 Å². The molecule has 1 aromatic heterocycles. The molecule has 4 aromatic rings. The van der Waals surface area contributed by atoms with Gasteiger partial charge in [0.1, 0.15) is 5.52 Å². The monoisotopic (exact) mass is 493 g/mol. The quantitative estimate of drug-likeness (QED) is 0.338. The van der Waals surface area contributed by atoms with Crippen LogP contribution in [-0.4, -0.2) is 42.4 Å². The Balaban J connectivity index is 1.83. The smallest absolute Gasteiger partial charge is 0.417 e. The number of phenolic OH excluding ortho intramolecular Hbond substituents is 1. The van der Waals surface area contributed by atoms with Gasteiger partial charge in [-0.05, 0) is 33.6 Å². The lowest BCUT2D eigenvalue weighted by molar-refractivity contribution is 0.120. The topological polar surface area (TPSA) is 124 Å². The average molecular weight is 494 g/mol. The normalized spacial score (nSPS) is 10.8. The molecular weight excluding hydrogens is 478 g/mol. The molecular formula is C23H16BrN3O5. The summed E-state index contributed by atoms with van der Waals surface area (Å²) in [6, 6.07) is 19.7. The standard InChI is InChI=1S/C23H16BrN3O5/c24-16-10-11-17-20(21(16)28)26-19(18(25-17)14-4-2-1-3-5-14)15-8-6-13(7-9-15)12-27(22(29)30)23(31)32/h1-11,28H,12H2,(H,29,30)(H,31,32). The highest BCUT2D eigenvalue weighted by molar-refractivity contribution is 9.10. The summed E-state index contributed by atoms with van der Waals surface area (Å²) in [6.07, 6.45) is -3.09. The van der Waals surface area contributed by atoms with E-state index in [2.05, 4.69) is 20.9 Å². The molecule has 9 heteroatoms. The lowest BCUT2D eigenvalue weighted by atomic mass is 10.0. The molecule has 0 atom stereocenters. The van der Waals surface area contributed by atoms with Gasteiger partial charge in [0, 0.05) is 11.1 Å². The van der Waals surface area contributed by atoms with Gasteiger partial charge in [0.2, 0.25) is 0 Å². The molecule has 0 aliphatic heterocycles. The van der Waals surface area contributed by atoms with Crippen LogP contribution in [0.15, 0.2) is 71.2 Å². The molecule has 0 saturated carbocycles. The van der Waals surface area contributed by atoms with E-state index in [4.69, 9.17) is 15.2 Å². The molecule has 3 N–H and O–H groups in total. The molecule has 2 amide bonds. The number of rotatable bonds is 4. The highest BCUT2D eigenvalue weighted by atomic mass is 79.9. The molecule has 0 radical (unpaired) electrons. The number of halogens is 1. The number of hydrogen-bond acceptors (Lipinski definition) is 5. The summed E-state index contributed by atoms with van der Waals surface area (Å²) in [4.78, 5) is 32.0. The van der Waals surface area contributed by atoms with Crippen LogP contribution in [0, 0.1) is 0 Å². The zero-order valence-electron chi connectivity index (χ0n) is 16.4. The number of imide groups is 1. The lowest BCUT2D eigenvalue weighted by Gasteiger charge is -2.14. The fourth-order valence-corrected chi connectivity index (χ4v) is 3.57. The highest BCUT2D eigenvalue weighted by Gasteiger charge is 2.20. The van der Waals surface area contributed by atoms with Gasteiger partial charge >= 0.3 is 12.2 Å². The van der Waals surface area contributed by atoms with Gasteiger partial charge in [-0.1, -0.05) is 54.6 Å². The van der Waals surface area contributed by atoms with Gasteiger partial charge in [-0.15, -0.1) is 0 Å². The van der Waals surface area contributed by atoms with E-state index in [1.165, 1.54) is 0 Å². The Kier molecular flexibility index (Phi) is 5.74. The van der Waals surface area contributed by atoms with Crippen molar-refractivity contribution in [1.82, 2.24) is 14.9 Å². The summed E-state index contributed by atoms with van der Waals surface area (Å²) in [5.74, 6) is -0.0222. The maximum atomic E-state index is 11.1. The first-order valence-electron chi connectivity index (χ1n) is 9.42. The predicted molar refractivity (Wildman–Crippen MR) is 121 cm³/mol. The minimum Gasteiger partial charge on any atom is -0.504 e. The van der Waals surface area contributed by atoms with E-state index in [9.17, 15) is 14.7 Å². The molecule has 0 aliphatic carbocycles. The molecule has 1 heterocycles. The SMILES string of the molecule is O=C(O)N(Cc1ccc(-c2nc3c(O)c(Br)ccc3nc2-c2ccccc2)cc1)C(=O)O. The van der Waals surface area contributed by atoms with Crippen LogP contribution in [0.3, 0.4) is 0 Å². The molecule has 0 spiro atoms. The van der Waals surface area contributed by atoms with Crippen LogP contribution in [0.4, 0.5) is 9.59 Å². The maximum Gasteiger partial charge on any atom is 0.417 e. The Morgan fingerprint density at radius 3 is 2.03 bits per heavy atom. The number of phenols is 1. The molecule has 0 aliphatic rings. The molecule has 32 heavy (non-hydrogen) atoms. The van der Waals surface area contributed by atoms with Gasteiger partial charge in [0.05, 0.1) is 27.9 Å². The molecule has 0 unspecified atom stereocenters. The van der Waals surface area contributed by atoms with Crippen molar-refractivity contribution in [2.45, 2.75) is 6.54 Å². The van der Waals surface area contributed by atoms with Crippen LogP contribution in [0.25, 0.3) is 33.5 Å². The third kappa shape index (κ3) is 4.10. The van der Waals surface area contributed by atoms with Crippen LogP contribution >= 0.6 is 15.9 Å². The Labute approximate surface area is 190 Å². The van der Waals surface area contributed by atoms with Crippen molar-refractivity contribution in [3.05, 3.63) is 76.8 Å². The van der Waals surface area contributed by atoms with Crippen LogP contribution in [0.2, 0.25) is 0 Å². The summed E-state index contributed by atoms with van der Waals surface area (Å²) in [5.41, 5.74) is 4.02. The van der Waals surface area contributed by atoms with E-state index < -0.39 is 12.2 Å². The van der Waals surface area contributed by atoms with Crippen molar-refractivity contribution >= 4 is 39.1 Å². The first kappa shape index (κ1) is 21.3. The molecule has 8 nitrogen and oxygen atoms in total. The van der Waals surface area contributed by atoms with Gasteiger partial charge in [-0.25, -0.2) is 24.5 Å². The number of fused-ring (bicyclic) bond motifs is 1. The number of aromatic hydroxyl groups is 1. The fourth-order valence-electron chi connectivity index (χ4n) is 3.25. The zero-order chi connectivity index (χ0) is 22.8. The molecule has 160 valence electrons. The van der Waals surface area contributed by atoms with E-state index in [0.29, 0.717) is 42.9 Å². The predicted octanol–water partition coefficient (Wildman–Crippen LogP) is 5.59. The number of nitrogens with zero attached hydrogens (tertiary/aromatic N) is 3. The summed E-state index contributed by atoms with van der Waals surface area (Å²) in [7, 11) is 0. The molecule has 0 fully saturated rings. The number of amides is 2. The third-order valence-corrected chi connectivity index (χ3v) is 5.48. The molecule has 3 aromatic carbocycles. The molecule has 0 saturated heterocycles. The molecule has 0 bridgehead atoms. The highest BCUT2D eigenvalue weighted by Crippen LogP contribution is 2.36. The second-order valence-electron chi connectivity index (χ2n) is 6.90. The Morgan fingerprint density at radius 2 is 1.41 bits per heavy atom. The Bertz CT molecular complexity index is 1310. The maximum absolute atomic E-state index is 11.1.